The first-order valence-electron chi connectivity index (χ1n) is 8.64. The van der Waals surface area contributed by atoms with Crippen molar-refractivity contribution in [3.63, 3.8) is 0 Å². The monoisotopic (exact) mass is 362 g/mol. The summed E-state index contributed by atoms with van der Waals surface area (Å²) in [5, 5.41) is 0. The molecule has 2 heterocycles. The molecule has 1 fully saturated rings. The van der Waals surface area contributed by atoms with Crippen LogP contribution < -0.4 is 4.90 Å². The number of methoxy groups -OCH3 is 1. The van der Waals surface area contributed by atoms with Crippen LogP contribution in [-0.2, 0) is 24.7 Å². The van der Waals surface area contributed by atoms with Gasteiger partial charge in [0.25, 0.3) is 0 Å². The molecule has 2 aliphatic heterocycles. The summed E-state index contributed by atoms with van der Waals surface area (Å²) in [7, 11) is 1.26. The fraction of sp³-hybridized carbons (Fsp3) is 0.238. The van der Waals surface area contributed by atoms with E-state index in [0.29, 0.717) is 11.3 Å². The summed E-state index contributed by atoms with van der Waals surface area (Å²) in [5.74, 6) is -3.22. The lowest BCUT2D eigenvalue weighted by Crippen LogP contribution is -2.45. The third-order valence-electron chi connectivity index (χ3n) is 5.24. The number of fused-ring (bicyclic) bond motifs is 1. The molecule has 0 saturated carbocycles. The van der Waals surface area contributed by atoms with Crippen LogP contribution in [0.2, 0.25) is 0 Å². The van der Waals surface area contributed by atoms with Crippen molar-refractivity contribution in [2.75, 3.05) is 12.0 Å². The van der Waals surface area contributed by atoms with Crippen molar-refractivity contribution >= 4 is 29.7 Å². The Balaban J connectivity index is 1.85. The fourth-order valence-electron chi connectivity index (χ4n) is 3.91. The van der Waals surface area contributed by atoms with Crippen LogP contribution >= 0.6 is 0 Å². The molecule has 2 aromatic carbocycles. The summed E-state index contributed by atoms with van der Waals surface area (Å²) in [5.41, 5.74) is 0.485. The van der Waals surface area contributed by atoms with Crippen molar-refractivity contribution in [3.8, 4) is 0 Å². The smallest absolute Gasteiger partial charge is 0.339 e. The van der Waals surface area contributed by atoms with Gasteiger partial charge in [-0.05, 0) is 24.6 Å². The number of aryl methyl sites for hydroxylation is 1. The first-order valence-corrected chi connectivity index (χ1v) is 8.64. The number of amides is 2. The predicted molar refractivity (Wildman–Crippen MR) is 99.3 cm³/mol. The maximum atomic E-state index is 13.3. The van der Waals surface area contributed by atoms with E-state index < -0.39 is 29.3 Å². The molecule has 4 rings (SSSR count). The van der Waals surface area contributed by atoms with Gasteiger partial charge in [0.1, 0.15) is 0 Å². The fourth-order valence-corrected chi connectivity index (χ4v) is 3.91. The van der Waals surface area contributed by atoms with Crippen molar-refractivity contribution in [3.05, 3.63) is 65.7 Å². The van der Waals surface area contributed by atoms with E-state index in [0.717, 1.165) is 10.5 Å². The number of carbonyl (C=O) groups is 3. The number of esters is 1. The van der Waals surface area contributed by atoms with E-state index in [1.54, 1.807) is 36.4 Å². The standard InChI is InChI=1S/C21H18N2O4/c1-13-8-10-14(11-9-13)21(20(26)27-2)17-16(12-22-21)18(24)23(19(17)25)15-6-4-3-5-7-15/h3-12,16-17H,1-2H3/t16-,17+,21+/m1/s1. The lowest BCUT2D eigenvalue weighted by molar-refractivity contribution is -0.151. The molecule has 1 saturated heterocycles. The minimum Gasteiger partial charge on any atom is -0.467 e. The Kier molecular flexibility index (Phi) is 3.91. The maximum absolute atomic E-state index is 13.3. The van der Waals surface area contributed by atoms with Crippen LogP contribution in [0.25, 0.3) is 0 Å². The Morgan fingerprint density at radius 3 is 2.33 bits per heavy atom. The van der Waals surface area contributed by atoms with Gasteiger partial charge < -0.3 is 4.74 Å². The average molecular weight is 362 g/mol. The van der Waals surface area contributed by atoms with Crippen molar-refractivity contribution < 1.29 is 19.1 Å². The van der Waals surface area contributed by atoms with Crippen LogP contribution in [0.3, 0.4) is 0 Å². The van der Waals surface area contributed by atoms with E-state index in [9.17, 15) is 14.4 Å². The van der Waals surface area contributed by atoms with Gasteiger partial charge in [-0.2, -0.15) is 0 Å². The quantitative estimate of drug-likeness (QED) is 0.620. The van der Waals surface area contributed by atoms with Gasteiger partial charge >= 0.3 is 5.97 Å². The minimum atomic E-state index is -1.55. The van der Waals surface area contributed by atoms with Crippen LogP contribution in [0.4, 0.5) is 5.69 Å². The maximum Gasteiger partial charge on any atom is 0.339 e. The zero-order chi connectivity index (χ0) is 19.2. The highest BCUT2D eigenvalue weighted by molar-refractivity contribution is 6.28. The van der Waals surface area contributed by atoms with Crippen LogP contribution in [-0.4, -0.2) is 31.1 Å². The molecule has 0 bridgehead atoms. The van der Waals surface area contributed by atoms with Crippen molar-refractivity contribution in [1.29, 1.82) is 0 Å². The number of carbonyl (C=O) groups excluding carboxylic acids is 3. The van der Waals surface area contributed by atoms with Gasteiger partial charge in [0.05, 0.1) is 24.6 Å². The van der Waals surface area contributed by atoms with Crippen molar-refractivity contribution in [1.82, 2.24) is 0 Å². The van der Waals surface area contributed by atoms with Crippen LogP contribution in [0.1, 0.15) is 11.1 Å². The second kappa shape index (κ2) is 6.16. The molecule has 0 aromatic heterocycles. The van der Waals surface area contributed by atoms with E-state index in [1.807, 2.05) is 25.1 Å². The number of nitrogens with zero attached hydrogens (tertiary/aromatic N) is 2. The molecule has 0 radical (unpaired) electrons. The Labute approximate surface area is 156 Å². The van der Waals surface area contributed by atoms with Crippen LogP contribution in [0.5, 0.6) is 0 Å². The summed E-state index contributed by atoms with van der Waals surface area (Å²) >= 11 is 0. The normalized spacial score (nSPS) is 26.4. The van der Waals surface area contributed by atoms with Gasteiger partial charge in [-0.3, -0.25) is 14.6 Å². The van der Waals surface area contributed by atoms with Crippen LogP contribution in [0.15, 0.2) is 59.6 Å². The van der Waals surface area contributed by atoms with Gasteiger partial charge in [0, 0.05) is 6.21 Å². The molecule has 2 aromatic rings. The number of aliphatic imine (C=N–C) groups is 1. The van der Waals surface area contributed by atoms with Gasteiger partial charge in [0.2, 0.25) is 11.8 Å². The SMILES string of the molecule is COC(=O)[C@@]1(c2ccc(C)cc2)N=C[C@H]2C(=O)N(c3ccccc3)C(=O)[C@H]21. The number of hydrogen-bond acceptors (Lipinski definition) is 5. The molecule has 0 unspecified atom stereocenters. The molecule has 6 nitrogen and oxygen atoms in total. The highest BCUT2D eigenvalue weighted by Crippen LogP contribution is 2.48. The summed E-state index contributed by atoms with van der Waals surface area (Å²) < 4.78 is 5.02. The van der Waals surface area contributed by atoms with E-state index in [-0.39, 0.29) is 5.91 Å². The summed E-state index contributed by atoms with van der Waals surface area (Å²) in [4.78, 5) is 44.6. The minimum absolute atomic E-state index is 0.377. The average Bonchev–Trinajstić information content (AvgIpc) is 3.20. The Morgan fingerprint density at radius 1 is 1.04 bits per heavy atom. The lowest BCUT2D eigenvalue weighted by Gasteiger charge is -2.29. The summed E-state index contributed by atoms with van der Waals surface area (Å²) in [6.07, 6.45) is 1.42. The summed E-state index contributed by atoms with van der Waals surface area (Å²) in [6, 6.07) is 15.9. The zero-order valence-corrected chi connectivity index (χ0v) is 15.0. The Bertz CT molecular complexity index is 952. The van der Waals surface area contributed by atoms with Crippen molar-refractivity contribution in [2.24, 2.45) is 16.8 Å². The molecule has 0 spiro atoms. The molecule has 27 heavy (non-hydrogen) atoms. The number of anilines is 1. The molecular weight excluding hydrogens is 344 g/mol. The summed E-state index contributed by atoms with van der Waals surface area (Å²) in [6.45, 7) is 1.93. The Hall–Kier alpha value is -3.28. The molecule has 2 amide bonds. The lowest BCUT2D eigenvalue weighted by atomic mass is 9.75. The number of ether oxygens (including phenoxy) is 1. The van der Waals surface area contributed by atoms with Crippen molar-refractivity contribution in [2.45, 2.75) is 12.5 Å². The second-order valence-electron chi connectivity index (χ2n) is 6.75. The number of rotatable bonds is 3. The molecule has 6 heteroatoms. The predicted octanol–water partition coefficient (Wildman–Crippen LogP) is 2.25. The zero-order valence-electron chi connectivity index (χ0n) is 15.0. The third-order valence-corrected chi connectivity index (χ3v) is 5.24. The van der Waals surface area contributed by atoms with E-state index in [4.69, 9.17) is 4.74 Å². The second-order valence-corrected chi connectivity index (χ2v) is 6.75. The Morgan fingerprint density at radius 2 is 1.70 bits per heavy atom. The van der Waals surface area contributed by atoms with E-state index in [1.165, 1.54) is 13.3 Å². The molecule has 136 valence electrons. The largest absolute Gasteiger partial charge is 0.467 e. The number of hydrogen-bond donors (Lipinski definition) is 0. The van der Waals surface area contributed by atoms with E-state index in [2.05, 4.69) is 4.99 Å². The topological polar surface area (TPSA) is 76.0 Å². The van der Waals surface area contributed by atoms with E-state index >= 15 is 0 Å². The first-order chi connectivity index (χ1) is 13.0. The number of benzene rings is 2. The van der Waals surface area contributed by atoms with Crippen LogP contribution in [0, 0.1) is 18.8 Å². The third kappa shape index (κ3) is 2.33. The molecule has 2 aliphatic rings. The highest BCUT2D eigenvalue weighted by atomic mass is 16.5. The van der Waals surface area contributed by atoms with Gasteiger partial charge in [0.15, 0.2) is 5.54 Å². The number of imide groups is 1. The van der Waals surface area contributed by atoms with Gasteiger partial charge in [-0.1, -0.05) is 48.0 Å². The first kappa shape index (κ1) is 17.1. The molecular formula is C21H18N2O4. The molecule has 3 atom stereocenters. The number of para-hydroxylation sites is 1. The van der Waals surface area contributed by atoms with Gasteiger partial charge in [-0.25, -0.2) is 9.69 Å². The molecule has 0 N–H and O–H groups in total. The van der Waals surface area contributed by atoms with Gasteiger partial charge in [-0.15, -0.1) is 0 Å². The highest BCUT2D eigenvalue weighted by Gasteiger charge is 2.65. The molecule has 0 aliphatic carbocycles.